The summed E-state index contributed by atoms with van der Waals surface area (Å²) in [6, 6.07) is 1.92. The average Bonchev–Trinajstić information content (AvgIpc) is 2.34. The van der Waals surface area contributed by atoms with E-state index >= 15 is 0 Å². The average molecular weight is 137 g/mol. The fourth-order valence-corrected chi connectivity index (χ4v) is 0.714. The molecule has 0 unspecified atom stereocenters. The molecule has 0 amide bonds. The van der Waals surface area contributed by atoms with Crippen LogP contribution >= 0.6 is 0 Å². The van der Waals surface area contributed by atoms with Gasteiger partial charge in [-0.3, -0.25) is 0 Å². The van der Waals surface area contributed by atoms with Crippen molar-refractivity contribution in [3.05, 3.63) is 30.2 Å². The van der Waals surface area contributed by atoms with Crippen molar-refractivity contribution in [1.82, 2.24) is 5.16 Å². The lowest BCUT2D eigenvalue weighted by atomic mass is 10.1. The normalized spacial score (nSPS) is 13.0. The third-order valence-corrected chi connectivity index (χ3v) is 1.45. The zero-order chi connectivity index (χ0) is 7.56. The number of nitrogens with zero attached hydrogens (tertiary/aromatic N) is 1. The first kappa shape index (κ1) is 7.06. The van der Waals surface area contributed by atoms with Crippen molar-refractivity contribution in [1.29, 1.82) is 0 Å². The molecule has 0 aliphatic carbocycles. The zero-order valence-corrected chi connectivity index (χ0v) is 6.29. The van der Waals surface area contributed by atoms with Crippen LogP contribution in [0.25, 0.3) is 0 Å². The molecule has 0 fully saturated rings. The van der Waals surface area contributed by atoms with Crippen molar-refractivity contribution < 1.29 is 4.52 Å². The predicted octanol–water partition coefficient (Wildman–Crippen LogP) is 2.27. The highest BCUT2D eigenvalue weighted by Gasteiger charge is 2.05. The summed E-state index contributed by atoms with van der Waals surface area (Å²) in [5, 5.41) is 3.76. The van der Waals surface area contributed by atoms with Crippen LogP contribution in [-0.4, -0.2) is 5.16 Å². The third kappa shape index (κ3) is 1.26. The van der Waals surface area contributed by atoms with Gasteiger partial charge in [-0.1, -0.05) is 18.2 Å². The lowest BCUT2D eigenvalue weighted by Crippen LogP contribution is -1.82. The second-order valence-electron chi connectivity index (χ2n) is 2.40. The van der Waals surface area contributed by atoms with E-state index in [4.69, 9.17) is 4.52 Å². The van der Waals surface area contributed by atoms with Gasteiger partial charge in [-0.25, -0.2) is 0 Å². The standard InChI is InChI=1S/C8H11NO/c1-4-6(2)8-5-7(3)9-10-8/h4-6H,1H2,2-3H3/t6-/m1/s1. The Morgan fingerprint density at radius 3 is 2.90 bits per heavy atom. The zero-order valence-electron chi connectivity index (χ0n) is 6.29. The molecule has 1 aromatic rings. The van der Waals surface area contributed by atoms with Crippen LogP contribution in [0.4, 0.5) is 0 Å². The molecular formula is C8H11NO. The number of hydrogen-bond acceptors (Lipinski definition) is 2. The Balaban J connectivity index is 2.84. The van der Waals surface area contributed by atoms with Crippen LogP contribution in [-0.2, 0) is 0 Å². The summed E-state index contributed by atoms with van der Waals surface area (Å²) in [5.74, 6) is 1.15. The van der Waals surface area contributed by atoms with Crippen LogP contribution < -0.4 is 0 Å². The fourth-order valence-electron chi connectivity index (χ4n) is 0.714. The van der Waals surface area contributed by atoms with Crippen LogP contribution in [0.3, 0.4) is 0 Å². The van der Waals surface area contributed by atoms with E-state index in [1.807, 2.05) is 26.0 Å². The number of rotatable bonds is 2. The van der Waals surface area contributed by atoms with Gasteiger partial charge in [-0.05, 0) is 6.92 Å². The Bertz CT molecular complexity index is 227. The van der Waals surface area contributed by atoms with Gasteiger partial charge < -0.3 is 4.52 Å². The van der Waals surface area contributed by atoms with Crippen LogP contribution in [0.5, 0.6) is 0 Å². The van der Waals surface area contributed by atoms with Crippen molar-refractivity contribution in [2.24, 2.45) is 0 Å². The van der Waals surface area contributed by atoms with Gasteiger partial charge in [0.1, 0.15) is 5.76 Å². The number of aryl methyl sites for hydroxylation is 1. The first-order valence-electron chi connectivity index (χ1n) is 3.30. The summed E-state index contributed by atoms with van der Waals surface area (Å²) in [7, 11) is 0. The maximum absolute atomic E-state index is 5.00. The van der Waals surface area contributed by atoms with E-state index < -0.39 is 0 Å². The smallest absolute Gasteiger partial charge is 0.143 e. The lowest BCUT2D eigenvalue weighted by Gasteiger charge is -1.95. The van der Waals surface area contributed by atoms with Crippen molar-refractivity contribution in [2.75, 3.05) is 0 Å². The fraction of sp³-hybridized carbons (Fsp3) is 0.375. The van der Waals surface area contributed by atoms with E-state index in [9.17, 15) is 0 Å². The highest BCUT2D eigenvalue weighted by atomic mass is 16.5. The van der Waals surface area contributed by atoms with Gasteiger partial charge >= 0.3 is 0 Å². The number of allylic oxidation sites excluding steroid dienone is 1. The summed E-state index contributed by atoms with van der Waals surface area (Å²) in [4.78, 5) is 0. The summed E-state index contributed by atoms with van der Waals surface area (Å²) in [6.45, 7) is 7.58. The highest BCUT2D eigenvalue weighted by Crippen LogP contribution is 2.15. The van der Waals surface area contributed by atoms with E-state index in [1.165, 1.54) is 0 Å². The number of hydrogen-bond donors (Lipinski definition) is 0. The number of aromatic nitrogens is 1. The maximum atomic E-state index is 5.00. The van der Waals surface area contributed by atoms with Gasteiger partial charge in [0, 0.05) is 12.0 Å². The molecule has 54 valence electrons. The van der Waals surface area contributed by atoms with Gasteiger partial charge in [0.05, 0.1) is 5.69 Å². The molecule has 0 saturated carbocycles. The Hall–Kier alpha value is -1.05. The van der Waals surface area contributed by atoms with Crippen molar-refractivity contribution in [2.45, 2.75) is 19.8 Å². The Labute approximate surface area is 60.5 Å². The molecule has 1 heterocycles. The van der Waals surface area contributed by atoms with E-state index in [1.54, 1.807) is 0 Å². The summed E-state index contributed by atoms with van der Waals surface area (Å²) in [6.07, 6.45) is 1.83. The van der Waals surface area contributed by atoms with Crippen LogP contribution in [0.2, 0.25) is 0 Å². The first-order chi connectivity index (χ1) is 4.74. The minimum absolute atomic E-state index is 0.265. The molecule has 0 aromatic carbocycles. The quantitative estimate of drug-likeness (QED) is 0.584. The monoisotopic (exact) mass is 137 g/mol. The van der Waals surface area contributed by atoms with Crippen LogP contribution in [0.1, 0.15) is 24.3 Å². The molecule has 2 nitrogen and oxygen atoms in total. The Kier molecular flexibility index (Phi) is 1.90. The van der Waals surface area contributed by atoms with Crippen LogP contribution in [0, 0.1) is 6.92 Å². The topological polar surface area (TPSA) is 26.0 Å². The van der Waals surface area contributed by atoms with E-state index in [0.29, 0.717) is 0 Å². The molecule has 1 rings (SSSR count). The molecule has 0 aliphatic heterocycles. The molecule has 0 radical (unpaired) electrons. The highest BCUT2D eigenvalue weighted by molar-refractivity contribution is 5.11. The minimum atomic E-state index is 0.265. The van der Waals surface area contributed by atoms with Crippen molar-refractivity contribution >= 4 is 0 Å². The Morgan fingerprint density at radius 1 is 1.80 bits per heavy atom. The molecule has 0 spiro atoms. The molecule has 0 saturated heterocycles. The molecule has 2 heteroatoms. The second-order valence-corrected chi connectivity index (χ2v) is 2.40. The van der Waals surface area contributed by atoms with Gasteiger partial charge in [0.25, 0.3) is 0 Å². The third-order valence-electron chi connectivity index (χ3n) is 1.45. The van der Waals surface area contributed by atoms with E-state index in [2.05, 4.69) is 11.7 Å². The molecule has 0 N–H and O–H groups in total. The second kappa shape index (κ2) is 2.69. The first-order valence-corrected chi connectivity index (χ1v) is 3.30. The molecule has 0 aliphatic rings. The molecule has 0 bridgehead atoms. The van der Waals surface area contributed by atoms with Crippen LogP contribution in [0.15, 0.2) is 23.2 Å². The summed E-state index contributed by atoms with van der Waals surface area (Å²) in [5.41, 5.74) is 0.920. The molecule has 1 aromatic heterocycles. The van der Waals surface area contributed by atoms with Gasteiger partial charge in [-0.2, -0.15) is 0 Å². The largest absolute Gasteiger partial charge is 0.361 e. The molecular weight excluding hydrogens is 126 g/mol. The SMILES string of the molecule is C=C[C@@H](C)c1cc(C)no1. The molecule has 10 heavy (non-hydrogen) atoms. The van der Waals surface area contributed by atoms with E-state index in [-0.39, 0.29) is 5.92 Å². The van der Waals surface area contributed by atoms with Gasteiger partial charge in [-0.15, -0.1) is 6.58 Å². The van der Waals surface area contributed by atoms with E-state index in [0.717, 1.165) is 11.5 Å². The van der Waals surface area contributed by atoms with Crippen molar-refractivity contribution in [3.63, 3.8) is 0 Å². The molecule has 1 atom stereocenters. The van der Waals surface area contributed by atoms with Crippen molar-refractivity contribution in [3.8, 4) is 0 Å². The summed E-state index contributed by atoms with van der Waals surface area (Å²) < 4.78 is 5.00. The van der Waals surface area contributed by atoms with Gasteiger partial charge in [0.2, 0.25) is 0 Å². The maximum Gasteiger partial charge on any atom is 0.143 e. The van der Waals surface area contributed by atoms with Gasteiger partial charge in [0.15, 0.2) is 0 Å². The Morgan fingerprint density at radius 2 is 2.50 bits per heavy atom. The lowest BCUT2D eigenvalue weighted by molar-refractivity contribution is 0.374. The minimum Gasteiger partial charge on any atom is -0.361 e. The predicted molar refractivity (Wildman–Crippen MR) is 39.9 cm³/mol. The summed E-state index contributed by atoms with van der Waals surface area (Å²) >= 11 is 0.